The molecule has 0 unspecified atom stereocenters. The molecule has 1 aliphatic rings. The van der Waals surface area contributed by atoms with Crippen molar-refractivity contribution in [1.82, 2.24) is 5.32 Å². The smallest absolute Gasteiger partial charge is 0.0603 e. The Balaban J connectivity index is 2.04. The van der Waals surface area contributed by atoms with Crippen LogP contribution in [0.5, 0.6) is 0 Å². The summed E-state index contributed by atoms with van der Waals surface area (Å²) in [7, 11) is 0. The first-order valence-corrected chi connectivity index (χ1v) is 5.51. The van der Waals surface area contributed by atoms with Crippen LogP contribution in [0.2, 0.25) is 0 Å². The van der Waals surface area contributed by atoms with Crippen molar-refractivity contribution in [2.45, 2.75) is 45.1 Å². The van der Waals surface area contributed by atoms with Gasteiger partial charge in [-0.25, -0.2) is 0 Å². The van der Waals surface area contributed by atoms with Gasteiger partial charge < -0.3 is 15.5 Å². The van der Waals surface area contributed by atoms with Crippen molar-refractivity contribution in [3.63, 3.8) is 0 Å². The topological polar surface area (TPSA) is 52.5 Å². The fourth-order valence-electron chi connectivity index (χ4n) is 1.68. The number of rotatable bonds is 7. The molecule has 0 aliphatic heterocycles. The van der Waals surface area contributed by atoms with E-state index in [1.165, 1.54) is 12.8 Å². The van der Waals surface area contributed by atoms with Crippen molar-refractivity contribution in [2.24, 2.45) is 5.41 Å². The summed E-state index contributed by atoms with van der Waals surface area (Å²) in [6.07, 6.45) is 4.18. The summed E-state index contributed by atoms with van der Waals surface area (Å²) < 4.78 is 0. The molecule has 0 aromatic heterocycles. The zero-order valence-electron chi connectivity index (χ0n) is 9.34. The van der Waals surface area contributed by atoms with E-state index >= 15 is 0 Å². The maximum Gasteiger partial charge on any atom is 0.0603 e. The standard InChI is InChI=1S/C11H23NO2/c1-10(2,14)5-7-12-9-11(3-4-11)6-8-13/h12-14H,3-9H2,1-2H3. The second kappa shape index (κ2) is 4.60. The largest absolute Gasteiger partial charge is 0.396 e. The molecule has 84 valence electrons. The van der Waals surface area contributed by atoms with Gasteiger partial charge in [-0.05, 0) is 51.5 Å². The molecular formula is C11H23NO2. The second-order valence-electron chi connectivity index (χ2n) is 5.21. The average Bonchev–Trinajstić information content (AvgIpc) is 2.79. The summed E-state index contributed by atoms with van der Waals surface area (Å²) in [5, 5.41) is 21.7. The lowest BCUT2D eigenvalue weighted by Crippen LogP contribution is -2.30. The molecule has 3 N–H and O–H groups in total. The Morgan fingerprint density at radius 3 is 2.43 bits per heavy atom. The molecule has 0 spiro atoms. The number of nitrogens with one attached hydrogen (secondary N) is 1. The summed E-state index contributed by atoms with van der Waals surface area (Å²) >= 11 is 0. The van der Waals surface area contributed by atoms with E-state index < -0.39 is 5.60 Å². The van der Waals surface area contributed by atoms with Crippen LogP contribution in [0.4, 0.5) is 0 Å². The van der Waals surface area contributed by atoms with Gasteiger partial charge in [0.05, 0.1) is 5.60 Å². The van der Waals surface area contributed by atoms with Crippen LogP contribution in [-0.2, 0) is 0 Å². The highest BCUT2D eigenvalue weighted by molar-refractivity contribution is 4.94. The van der Waals surface area contributed by atoms with Gasteiger partial charge in [0.1, 0.15) is 0 Å². The molecule has 0 radical (unpaired) electrons. The van der Waals surface area contributed by atoms with Crippen molar-refractivity contribution in [3.05, 3.63) is 0 Å². The first-order chi connectivity index (χ1) is 6.47. The third-order valence-corrected chi connectivity index (χ3v) is 3.01. The van der Waals surface area contributed by atoms with E-state index in [1.54, 1.807) is 0 Å². The number of hydrogen-bond acceptors (Lipinski definition) is 3. The highest BCUT2D eigenvalue weighted by Crippen LogP contribution is 2.47. The monoisotopic (exact) mass is 201 g/mol. The minimum absolute atomic E-state index is 0.299. The zero-order valence-corrected chi connectivity index (χ0v) is 9.34. The summed E-state index contributed by atoms with van der Waals surface area (Å²) in [4.78, 5) is 0. The highest BCUT2D eigenvalue weighted by atomic mass is 16.3. The van der Waals surface area contributed by atoms with Gasteiger partial charge in [0.25, 0.3) is 0 Å². The molecule has 1 rings (SSSR count). The fraction of sp³-hybridized carbons (Fsp3) is 1.00. The first-order valence-electron chi connectivity index (χ1n) is 5.51. The highest BCUT2D eigenvalue weighted by Gasteiger charge is 2.41. The van der Waals surface area contributed by atoms with Crippen molar-refractivity contribution in [1.29, 1.82) is 0 Å². The molecule has 1 aliphatic carbocycles. The summed E-state index contributed by atoms with van der Waals surface area (Å²) in [5.74, 6) is 0. The van der Waals surface area contributed by atoms with Crippen LogP contribution < -0.4 is 5.32 Å². The van der Waals surface area contributed by atoms with Gasteiger partial charge in [0, 0.05) is 13.2 Å². The summed E-state index contributed by atoms with van der Waals surface area (Å²) in [6, 6.07) is 0. The van der Waals surface area contributed by atoms with Crippen molar-refractivity contribution < 1.29 is 10.2 Å². The van der Waals surface area contributed by atoms with Gasteiger partial charge in [-0.2, -0.15) is 0 Å². The maximum atomic E-state index is 9.49. The van der Waals surface area contributed by atoms with Gasteiger partial charge >= 0.3 is 0 Å². The molecule has 0 aromatic rings. The maximum absolute atomic E-state index is 9.49. The van der Waals surface area contributed by atoms with Crippen LogP contribution in [0, 0.1) is 5.41 Å². The van der Waals surface area contributed by atoms with Gasteiger partial charge in [0.15, 0.2) is 0 Å². The molecule has 1 fully saturated rings. The Labute approximate surface area is 86.5 Å². The Kier molecular flexibility index (Phi) is 3.93. The van der Waals surface area contributed by atoms with Crippen molar-refractivity contribution >= 4 is 0 Å². The SMILES string of the molecule is CC(C)(O)CCNCC1(CCO)CC1. The van der Waals surface area contributed by atoms with E-state index in [1.807, 2.05) is 13.8 Å². The molecule has 0 amide bonds. The molecule has 14 heavy (non-hydrogen) atoms. The Morgan fingerprint density at radius 1 is 1.36 bits per heavy atom. The van der Waals surface area contributed by atoms with Crippen molar-refractivity contribution in [2.75, 3.05) is 19.7 Å². The first kappa shape index (κ1) is 12.0. The van der Waals surface area contributed by atoms with E-state index in [0.717, 1.165) is 25.9 Å². The molecule has 3 nitrogen and oxygen atoms in total. The van der Waals surface area contributed by atoms with Crippen LogP contribution in [0.15, 0.2) is 0 Å². The Bertz CT molecular complexity index is 171. The van der Waals surface area contributed by atoms with E-state index in [4.69, 9.17) is 5.11 Å². The molecule has 0 atom stereocenters. The summed E-state index contributed by atoms with van der Waals surface area (Å²) in [5.41, 5.74) is -0.185. The normalized spacial score (nSPS) is 19.7. The van der Waals surface area contributed by atoms with E-state index in [2.05, 4.69) is 5.32 Å². The van der Waals surface area contributed by atoms with E-state index in [-0.39, 0.29) is 0 Å². The minimum atomic E-state index is -0.569. The molecule has 0 aromatic carbocycles. The van der Waals surface area contributed by atoms with Crippen LogP contribution in [0.1, 0.15) is 39.5 Å². The Hall–Kier alpha value is -0.120. The molecule has 3 heteroatoms. The van der Waals surface area contributed by atoms with Crippen molar-refractivity contribution in [3.8, 4) is 0 Å². The molecule has 0 bridgehead atoms. The average molecular weight is 201 g/mol. The second-order valence-corrected chi connectivity index (χ2v) is 5.21. The van der Waals surface area contributed by atoms with E-state index in [0.29, 0.717) is 12.0 Å². The number of aliphatic hydroxyl groups excluding tert-OH is 1. The van der Waals surface area contributed by atoms with Gasteiger partial charge in [-0.15, -0.1) is 0 Å². The van der Waals surface area contributed by atoms with Crippen LogP contribution in [0.25, 0.3) is 0 Å². The van der Waals surface area contributed by atoms with Crippen LogP contribution in [0.3, 0.4) is 0 Å². The molecular weight excluding hydrogens is 178 g/mol. The fourth-order valence-corrected chi connectivity index (χ4v) is 1.68. The lowest BCUT2D eigenvalue weighted by Gasteiger charge is -2.19. The third kappa shape index (κ3) is 4.40. The van der Waals surface area contributed by atoms with Gasteiger partial charge in [-0.3, -0.25) is 0 Å². The Morgan fingerprint density at radius 2 is 2.00 bits per heavy atom. The third-order valence-electron chi connectivity index (χ3n) is 3.01. The van der Waals surface area contributed by atoms with Gasteiger partial charge in [-0.1, -0.05) is 0 Å². The predicted octanol–water partition coefficient (Wildman–Crippen LogP) is 0.900. The van der Waals surface area contributed by atoms with E-state index in [9.17, 15) is 5.11 Å². The quantitative estimate of drug-likeness (QED) is 0.536. The minimum Gasteiger partial charge on any atom is -0.396 e. The predicted molar refractivity (Wildman–Crippen MR) is 57.2 cm³/mol. The van der Waals surface area contributed by atoms with Crippen LogP contribution in [-0.4, -0.2) is 35.5 Å². The molecule has 0 saturated heterocycles. The summed E-state index contributed by atoms with van der Waals surface area (Å²) in [6.45, 7) is 5.80. The number of aliphatic hydroxyl groups is 2. The van der Waals surface area contributed by atoms with Gasteiger partial charge in [0.2, 0.25) is 0 Å². The lowest BCUT2D eigenvalue weighted by atomic mass is 10.0. The molecule has 0 heterocycles. The lowest BCUT2D eigenvalue weighted by molar-refractivity contribution is 0.0706. The zero-order chi connectivity index (χ0) is 10.7. The van der Waals surface area contributed by atoms with Crippen LogP contribution >= 0.6 is 0 Å². The molecule has 1 saturated carbocycles. The number of hydrogen-bond donors (Lipinski definition) is 3.